The molecule has 7 saturated carbocycles. The van der Waals surface area contributed by atoms with E-state index in [0.717, 1.165) is 91.5 Å². The summed E-state index contributed by atoms with van der Waals surface area (Å²) in [6.07, 6.45) is 13.8. The number of benzene rings is 2. The van der Waals surface area contributed by atoms with Gasteiger partial charge in [0.1, 0.15) is 11.5 Å². The van der Waals surface area contributed by atoms with E-state index in [1.807, 2.05) is 72.5 Å². The summed E-state index contributed by atoms with van der Waals surface area (Å²) >= 11 is 0. The van der Waals surface area contributed by atoms with Gasteiger partial charge in [0.15, 0.2) is 0 Å². The molecular weight excluding hydrogens is 985 g/mol. The van der Waals surface area contributed by atoms with Crippen molar-refractivity contribution in [3.05, 3.63) is 154 Å². The second-order valence-corrected chi connectivity index (χ2v) is 29.3. The first-order chi connectivity index (χ1) is 38.8. The highest BCUT2D eigenvalue weighted by atomic mass is 16.6. The topological polar surface area (TPSA) is 111 Å². The molecule has 0 amide bonds. The van der Waals surface area contributed by atoms with Gasteiger partial charge in [0, 0.05) is 84.3 Å². The fourth-order valence-corrected chi connectivity index (χ4v) is 23.9. The molecule has 2 aromatic rings. The molecule has 19 atom stereocenters. The van der Waals surface area contributed by atoms with E-state index >= 15 is 0 Å². The molecule has 3 heterocycles. The second kappa shape index (κ2) is 14.7. The van der Waals surface area contributed by atoms with Crippen molar-refractivity contribution in [2.45, 2.75) is 64.8 Å². The van der Waals surface area contributed by atoms with Gasteiger partial charge in [-0.05, 0) is 183 Å². The molecule has 0 N–H and O–H groups in total. The molecule has 2 saturated heterocycles. The minimum Gasteiger partial charge on any atom is -0.493 e. The molecule has 0 aromatic heterocycles. The summed E-state index contributed by atoms with van der Waals surface area (Å²) in [5.41, 5.74) is 30.0. The second-order valence-electron chi connectivity index (χ2n) is 29.3. The van der Waals surface area contributed by atoms with Gasteiger partial charge in [0.2, 0.25) is 0 Å². The Bertz CT molecular complexity index is 3560. The van der Waals surface area contributed by atoms with Crippen molar-refractivity contribution in [3.8, 4) is 11.5 Å². The predicted molar refractivity (Wildman–Crippen MR) is 293 cm³/mol. The van der Waals surface area contributed by atoms with Gasteiger partial charge in [0.25, 0.3) is 5.69 Å². The number of hydrogen-bond acceptors (Lipinski definition) is 9. The number of nitro groups is 1. The Morgan fingerprint density at radius 2 is 1.29 bits per heavy atom. The van der Waals surface area contributed by atoms with Gasteiger partial charge in [-0.15, -0.1) is 0 Å². The smallest absolute Gasteiger partial charge is 0.269 e. The molecule has 3 aliphatic heterocycles. The number of allylic oxidation sites excluding steroid dienone is 16. The van der Waals surface area contributed by atoms with Gasteiger partial charge in [-0.25, -0.2) is 0 Å². The van der Waals surface area contributed by atoms with Crippen molar-refractivity contribution in [1.82, 2.24) is 0 Å². The van der Waals surface area contributed by atoms with Crippen molar-refractivity contribution in [2.75, 3.05) is 66.1 Å². The van der Waals surface area contributed by atoms with E-state index < -0.39 is 0 Å². The molecule has 19 aliphatic rings. The molecule has 0 radical (unpaired) electrons. The first kappa shape index (κ1) is 44.5. The zero-order chi connectivity index (χ0) is 51.4. The highest BCUT2D eigenvalue weighted by Gasteiger charge is 2.79. The zero-order valence-electron chi connectivity index (χ0n) is 45.3. The first-order valence-electron chi connectivity index (χ1n) is 31.2. The summed E-state index contributed by atoms with van der Waals surface area (Å²) < 4.78 is 37.0. The number of fused-ring (bicyclic) bond motifs is 6. The molecule has 402 valence electrons. The maximum atomic E-state index is 12.3. The van der Waals surface area contributed by atoms with Crippen molar-refractivity contribution in [1.29, 1.82) is 0 Å². The van der Waals surface area contributed by atoms with E-state index in [9.17, 15) is 10.1 Å². The van der Waals surface area contributed by atoms with Crippen LogP contribution in [-0.2, 0) is 18.9 Å². The van der Waals surface area contributed by atoms with Crippen LogP contribution in [0.1, 0.15) is 76.0 Å². The molecule has 0 bridgehead atoms. The van der Waals surface area contributed by atoms with Crippen LogP contribution in [0.4, 0.5) is 5.69 Å². The van der Waals surface area contributed by atoms with E-state index in [2.05, 4.69) is 56.3 Å². The molecule has 79 heavy (non-hydrogen) atoms. The third-order valence-corrected chi connectivity index (χ3v) is 25.7. The maximum absolute atomic E-state index is 12.3. The highest BCUT2D eigenvalue weighted by Crippen LogP contribution is 2.88. The SMILES string of the molecule is CC1(COCCCOc2cc(OCCCOCC3(C)COC3)cc(C3=NC(c4ccc([N+](=O)[O-])cc4)C4C3C3=C5CCC6=C7CCC8C9C7=C7C%10=C%11C%12=C%13C%14C(C=CC%15C%16CC8C8C9=C%10C%12=C(C%15%14)C%168)C4C%13C3C%11C5C67)c2)COC1. The van der Waals surface area contributed by atoms with Crippen molar-refractivity contribution < 1.29 is 33.3 Å². The van der Waals surface area contributed by atoms with Gasteiger partial charge >= 0.3 is 0 Å². The minimum absolute atomic E-state index is 0.110. The normalized spacial score (nSPS) is 43.1. The van der Waals surface area contributed by atoms with Gasteiger partial charge in [-0.3, -0.25) is 15.1 Å². The lowest BCUT2D eigenvalue weighted by atomic mass is 9.50. The Morgan fingerprint density at radius 3 is 2.01 bits per heavy atom. The van der Waals surface area contributed by atoms with Gasteiger partial charge in [0.05, 0.1) is 69.5 Å². The largest absolute Gasteiger partial charge is 0.493 e. The van der Waals surface area contributed by atoms with E-state index in [1.54, 1.807) is 17.7 Å². The molecule has 10 heteroatoms. The number of aliphatic imine (C=N–C) groups is 1. The van der Waals surface area contributed by atoms with Gasteiger partial charge in [-0.1, -0.05) is 66.0 Å². The van der Waals surface area contributed by atoms with E-state index in [-0.39, 0.29) is 39.3 Å². The fourth-order valence-electron chi connectivity index (χ4n) is 23.9. The number of rotatable bonds is 17. The number of non-ortho nitro benzene ring substituents is 1. The van der Waals surface area contributed by atoms with Crippen molar-refractivity contribution >= 4 is 11.4 Å². The Kier molecular flexibility index (Phi) is 8.30. The van der Waals surface area contributed by atoms with E-state index in [4.69, 9.17) is 33.4 Å². The lowest BCUT2D eigenvalue weighted by molar-refractivity contribution is -0.384. The van der Waals surface area contributed by atoms with Gasteiger partial charge < -0.3 is 28.4 Å². The van der Waals surface area contributed by atoms with Crippen LogP contribution < -0.4 is 9.47 Å². The monoisotopic (exact) mass is 1050 g/mol. The highest BCUT2D eigenvalue weighted by molar-refractivity contribution is 6.07. The van der Waals surface area contributed by atoms with Crippen LogP contribution in [0, 0.1) is 127 Å². The van der Waals surface area contributed by atoms with E-state index in [1.165, 1.54) is 37.8 Å². The van der Waals surface area contributed by atoms with Crippen LogP contribution in [0.25, 0.3) is 0 Å². The quantitative estimate of drug-likeness (QED) is 0.0667. The molecular formula is C69H68N2O8. The molecule has 16 aliphatic carbocycles. The molecule has 21 rings (SSSR count). The van der Waals surface area contributed by atoms with E-state index in [0.29, 0.717) is 105 Å². The van der Waals surface area contributed by atoms with Crippen molar-refractivity contribution in [3.63, 3.8) is 0 Å². The third-order valence-electron chi connectivity index (χ3n) is 25.7. The summed E-state index contributed by atoms with van der Waals surface area (Å²) in [5, 5.41) is 12.3. The Hall–Kier alpha value is -5.13. The summed E-state index contributed by atoms with van der Waals surface area (Å²) in [5.74, 6) is 11.9. The number of nitrogens with zero attached hydrogens (tertiary/aromatic N) is 2. The lowest BCUT2D eigenvalue weighted by Crippen LogP contribution is -2.47. The fraction of sp³-hybridized carbons (Fsp3) is 0.580. The summed E-state index contributed by atoms with van der Waals surface area (Å²) in [4.78, 5) is 18.3. The molecule has 2 aromatic carbocycles. The minimum atomic E-state index is -0.244. The van der Waals surface area contributed by atoms with Crippen LogP contribution in [0.15, 0.2) is 138 Å². The summed E-state index contributed by atoms with van der Waals surface area (Å²) in [6, 6.07) is 14.2. The number of nitro benzene ring substituents is 1. The third kappa shape index (κ3) is 5.10. The lowest BCUT2D eigenvalue weighted by Gasteiger charge is -2.52. The van der Waals surface area contributed by atoms with Crippen LogP contribution >= 0.6 is 0 Å². The summed E-state index contributed by atoms with van der Waals surface area (Å²) in [7, 11) is 0. The Labute approximate surface area is 461 Å². The van der Waals surface area contributed by atoms with Crippen molar-refractivity contribution in [2.24, 2.45) is 122 Å². The van der Waals surface area contributed by atoms with Crippen LogP contribution in [0.3, 0.4) is 0 Å². The molecule has 10 nitrogen and oxygen atoms in total. The molecule has 19 unspecified atom stereocenters. The number of hydrogen-bond donors (Lipinski definition) is 0. The number of ether oxygens (including phenoxy) is 6. The average molecular weight is 1050 g/mol. The maximum Gasteiger partial charge on any atom is 0.269 e. The predicted octanol–water partition coefficient (Wildman–Crippen LogP) is 11.7. The summed E-state index contributed by atoms with van der Waals surface area (Å²) in [6.45, 7) is 11.2. The van der Waals surface area contributed by atoms with Crippen LogP contribution in [0.2, 0.25) is 0 Å². The van der Waals surface area contributed by atoms with Gasteiger partial charge in [-0.2, -0.15) is 0 Å². The average Bonchev–Trinajstić information content (AvgIpc) is 1.70. The molecule has 0 spiro atoms. The van der Waals surface area contributed by atoms with Crippen LogP contribution in [-0.4, -0.2) is 76.7 Å². The zero-order valence-corrected chi connectivity index (χ0v) is 45.3. The first-order valence-corrected chi connectivity index (χ1v) is 31.2. The molecule has 9 fully saturated rings. The Balaban J connectivity index is 0.739. The van der Waals surface area contributed by atoms with Crippen LogP contribution in [0.5, 0.6) is 11.5 Å². The Morgan fingerprint density at radius 1 is 0.608 bits per heavy atom. The standard InChI is InChI=1S/C69H68N2O8/c1-68(25-76-26-68)23-74-15-3-17-78-32-19-30(20-33(21-32)79-18-4-16-75-24-69(2)27-77-28-69)67-65-49-38-13-11-35-34-9-10-36-40-22-41-37-12-14-39-47-45(37)54-51(41)50(40)53-44(36)42(34)52-43(35)46(38)55-58(49)57(56(47)63-61(54)60(53)59(52)62(55)63)48(39)64(65)66(70-67)29-5-7-31(8-6-29)71(72)73/h5-8,12,14,19-21,36-37,39-41,43-48,50-51,55,57-58,64-66H,3-4,9-11,13,15-18,22-28H2,1-2H3.